The Morgan fingerprint density at radius 3 is 2.50 bits per heavy atom. The van der Waals surface area contributed by atoms with Crippen LogP contribution in [0, 0.1) is 22.9 Å². The average Bonchev–Trinajstić information content (AvgIpc) is 2.80. The molecule has 4 rings (SSSR count). The van der Waals surface area contributed by atoms with Crippen molar-refractivity contribution >= 4 is 16.6 Å². The second-order valence-corrected chi connectivity index (χ2v) is 6.98. The Morgan fingerprint density at radius 1 is 1.00 bits per heavy atom. The number of nitro groups is 1. The molecule has 0 unspecified atom stereocenters. The van der Waals surface area contributed by atoms with Gasteiger partial charge in [0.05, 0.1) is 23.1 Å². The van der Waals surface area contributed by atoms with E-state index in [1.165, 1.54) is 32.4 Å². The molecule has 0 amide bonds. The van der Waals surface area contributed by atoms with Gasteiger partial charge in [0.15, 0.2) is 23.1 Å². The molecular formula is C24H19FN2O5. The van der Waals surface area contributed by atoms with E-state index in [0.29, 0.717) is 34.8 Å². The molecule has 8 heteroatoms. The summed E-state index contributed by atoms with van der Waals surface area (Å²) < 4.78 is 31.9. The van der Waals surface area contributed by atoms with Crippen molar-refractivity contribution in [2.24, 2.45) is 0 Å². The molecular weight excluding hydrogens is 415 g/mol. The summed E-state index contributed by atoms with van der Waals surface area (Å²) in [6, 6.07) is 17.2. The molecule has 0 radical (unpaired) electrons. The van der Waals surface area contributed by atoms with Gasteiger partial charge in [-0.25, -0.2) is 4.39 Å². The molecule has 3 aromatic carbocycles. The second kappa shape index (κ2) is 8.89. The zero-order valence-electron chi connectivity index (χ0n) is 17.4. The molecule has 162 valence electrons. The van der Waals surface area contributed by atoms with Crippen molar-refractivity contribution in [2.75, 3.05) is 7.11 Å². The molecule has 0 saturated heterocycles. The Kier molecular flexibility index (Phi) is 5.85. The lowest BCUT2D eigenvalue weighted by Crippen LogP contribution is -1.99. The molecule has 0 N–H and O–H groups in total. The Bertz CT molecular complexity index is 1290. The third-order valence-electron chi connectivity index (χ3n) is 4.96. The summed E-state index contributed by atoms with van der Waals surface area (Å²) in [5.74, 6) is 0.385. The van der Waals surface area contributed by atoms with Gasteiger partial charge >= 0.3 is 0 Å². The Hall–Kier alpha value is -4.20. The zero-order chi connectivity index (χ0) is 22.7. The van der Waals surface area contributed by atoms with Crippen molar-refractivity contribution in [1.29, 1.82) is 0 Å². The number of nitro benzene ring substituents is 1. The van der Waals surface area contributed by atoms with Gasteiger partial charge < -0.3 is 14.2 Å². The van der Waals surface area contributed by atoms with Gasteiger partial charge in [0.25, 0.3) is 5.69 Å². The molecule has 7 nitrogen and oxygen atoms in total. The normalized spacial score (nSPS) is 10.7. The number of fused-ring (bicyclic) bond motifs is 1. The maximum Gasteiger partial charge on any atom is 0.275 e. The van der Waals surface area contributed by atoms with Crippen LogP contribution in [0.4, 0.5) is 10.1 Å². The van der Waals surface area contributed by atoms with Crippen molar-refractivity contribution in [3.05, 3.63) is 93.9 Å². The molecule has 0 aliphatic rings. The first-order valence-corrected chi connectivity index (χ1v) is 9.72. The van der Waals surface area contributed by atoms with Crippen molar-refractivity contribution in [2.45, 2.75) is 13.5 Å². The van der Waals surface area contributed by atoms with E-state index < -0.39 is 10.7 Å². The molecule has 4 aromatic rings. The summed E-state index contributed by atoms with van der Waals surface area (Å²) in [6.45, 7) is 1.69. The van der Waals surface area contributed by atoms with Crippen molar-refractivity contribution in [1.82, 2.24) is 4.98 Å². The van der Waals surface area contributed by atoms with E-state index in [0.717, 1.165) is 5.56 Å². The largest absolute Gasteiger partial charge is 0.493 e. The van der Waals surface area contributed by atoms with Crippen LogP contribution in [0.1, 0.15) is 11.1 Å². The number of rotatable bonds is 7. The van der Waals surface area contributed by atoms with Gasteiger partial charge in [-0.2, -0.15) is 0 Å². The van der Waals surface area contributed by atoms with Crippen molar-refractivity contribution < 1.29 is 23.5 Å². The zero-order valence-corrected chi connectivity index (χ0v) is 17.4. The summed E-state index contributed by atoms with van der Waals surface area (Å²) in [5.41, 5.74) is 1.16. The number of hydrogen-bond donors (Lipinski definition) is 0. The van der Waals surface area contributed by atoms with Gasteiger partial charge in [0.1, 0.15) is 12.4 Å². The Balaban J connectivity index is 1.68. The minimum absolute atomic E-state index is 0.0972. The summed E-state index contributed by atoms with van der Waals surface area (Å²) in [6.07, 6.45) is 1.53. The molecule has 32 heavy (non-hydrogen) atoms. The van der Waals surface area contributed by atoms with Crippen LogP contribution in [0.5, 0.6) is 23.0 Å². The second-order valence-electron chi connectivity index (χ2n) is 6.98. The molecule has 1 aromatic heterocycles. The van der Waals surface area contributed by atoms with Crippen molar-refractivity contribution in [3.8, 4) is 23.0 Å². The predicted molar refractivity (Wildman–Crippen MR) is 117 cm³/mol. The van der Waals surface area contributed by atoms with Gasteiger partial charge in [0.2, 0.25) is 0 Å². The van der Waals surface area contributed by atoms with E-state index in [4.69, 9.17) is 14.2 Å². The third kappa shape index (κ3) is 4.15. The fourth-order valence-corrected chi connectivity index (χ4v) is 3.27. The fraction of sp³-hybridized carbons (Fsp3) is 0.125. The summed E-state index contributed by atoms with van der Waals surface area (Å²) in [4.78, 5) is 14.7. The third-order valence-corrected chi connectivity index (χ3v) is 4.96. The highest BCUT2D eigenvalue weighted by Gasteiger charge is 2.20. The Labute approximate surface area is 183 Å². The van der Waals surface area contributed by atoms with Gasteiger partial charge in [-0.3, -0.25) is 15.1 Å². The first kappa shape index (κ1) is 21.0. The quantitative estimate of drug-likeness (QED) is 0.263. The number of benzene rings is 3. The SMILES string of the molecule is COc1cc2c(Oc3ccc([N+](=O)[O-])c(C)c3F)ccnc2cc1OCc1ccccc1. The Morgan fingerprint density at radius 2 is 1.78 bits per heavy atom. The van der Waals surface area contributed by atoms with Crippen molar-refractivity contribution in [3.63, 3.8) is 0 Å². The van der Waals surface area contributed by atoms with Gasteiger partial charge in [-0.05, 0) is 30.7 Å². The fourth-order valence-electron chi connectivity index (χ4n) is 3.27. The van der Waals surface area contributed by atoms with E-state index in [1.807, 2.05) is 30.3 Å². The highest BCUT2D eigenvalue weighted by molar-refractivity contribution is 5.88. The predicted octanol–water partition coefficient (Wildman–Crippen LogP) is 5.97. The lowest BCUT2D eigenvalue weighted by molar-refractivity contribution is -0.385. The maximum atomic E-state index is 14.7. The molecule has 0 saturated carbocycles. The first-order valence-electron chi connectivity index (χ1n) is 9.72. The highest BCUT2D eigenvalue weighted by atomic mass is 19.1. The number of methoxy groups -OCH3 is 1. The number of halogens is 1. The van der Waals surface area contributed by atoms with Crippen LogP contribution in [0.3, 0.4) is 0 Å². The summed E-state index contributed by atoms with van der Waals surface area (Å²) in [7, 11) is 1.52. The topological polar surface area (TPSA) is 83.7 Å². The van der Waals surface area contributed by atoms with E-state index in [2.05, 4.69) is 4.98 Å². The lowest BCUT2D eigenvalue weighted by Gasteiger charge is -2.14. The number of nitrogens with zero attached hydrogens (tertiary/aromatic N) is 2. The molecule has 0 bridgehead atoms. The van der Waals surface area contributed by atoms with Crippen LogP contribution in [0.25, 0.3) is 10.9 Å². The summed E-state index contributed by atoms with van der Waals surface area (Å²) in [5, 5.41) is 11.6. The smallest absolute Gasteiger partial charge is 0.275 e. The van der Waals surface area contributed by atoms with Crippen LogP contribution in [-0.4, -0.2) is 17.0 Å². The van der Waals surface area contributed by atoms with E-state index >= 15 is 0 Å². The molecule has 0 spiro atoms. The van der Waals surface area contributed by atoms with Crippen LogP contribution >= 0.6 is 0 Å². The minimum atomic E-state index is -0.793. The van der Waals surface area contributed by atoms with E-state index in [-0.39, 0.29) is 17.0 Å². The van der Waals surface area contributed by atoms with E-state index in [9.17, 15) is 14.5 Å². The molecule has 0 aliphatic carbocycles. The number of ether oxygens (including phenoxy) is 3. The minimum Gasteiger partial charge on any atom is -0.493 e. The molecule has 0 fully saturated rings. The van der Waals surface area contributed by atoms with Crippen LogP contribution in [-0.2, 0) is 6.61 Å². The van der Waals surface area contributed by atoms with Crippen LogP contribution in [0.2, 0.25) is 0 Å². The number of aromatic nitrogens is 1. The van der Waals surface area contributed by atoms with Gasteiger partial charge in [0, 0.05) is 23.7 Å². The monoisotopic (exact) mass is 434 g/mol. The highest BCUT2D eigenvalue weighted by Crippen LogP contribution is 2.38. The van der Waals surface area contributed by atoms with Gasteiger partial charge in [-0.1, -0.05) is 30.3 Å². The maximum absolute atomic E-state index is 14.7. The molecule has 0 atom stereocenters. The lowest BCUT2D eigenvalue weighted by atomic mass is 10.1. The average molecular weight is 434 g/mol. The number of hydrogen-bond acceptors (Lipinski definition) is 6. The molecule has 0 aliphatic heterocycles. The van der Waals surface area contributed by atoms with Crippen LogP contribution < -0.4 is 14.2 Å². The standard InChI is InChI=1S/C24H19FN2O5/c1-15-19(27(28)29)8-9-21(24(15)25)32-20-10-11-26-18-13-23(22(30-2)12-17(18)20)31-14-16-6-4-3-5-7-16/h3-13H,14H2,1-2H3. The van der Waals surface area contributed by atoms with E-state index in [1.54, 1.807) is 18.2 Å². The first-order chi connectivity index (χ1) is 15.5. The summed E-state index contributed by atoms with van der Waals surface area (Å²) >= 11 is 0. The van der Waals surface area contributed by atoms with Crippen LogP contribution in [0.15, 0.2) is 66.9 Å². The molecule has 1 heterocycles. The van der Waals surface area contributed by atoms with Gasteiger partial charge in [-0.15, -0.1) is 0 Å². The number of pyridine rings is 1.